The summed E-state index contributed by atoms with van der Waals surface area (Å²) in [7, 11) is 0. The van der Waals surface area contributed by atoms with Crippen molar-refractivity contribution >= 4 is 11.5 Å². The number of carbonyl (C=O) groups excluding carboxylic acids is 1. The van der Waals surface area contributed by atoms with Crippen LogP contribution in [0.25, 0.3) is 0 Å². The average Bonchev–Trinajstić information content (AvgIpc) is 2.06. The fourth-order valence-electron chi connectivity index (χ4n) is 0.944. The van der Waals surface area contributed by atoms with Gasteiger partial charge in [-0.25, -0.2) is 0 Å². The van der Waals surface area contributed by atoms with Gasteiger partial charge in [0.15, 0.2) is 5.78 Å². The highest BCUT2D eigenvalue weighted by molar-refractivity contribution is 5.96. The molecule has 1 aromatic carbocycles. The van der Waals surface area contributed by atoms with Crippen LogP contribution in [0.1, 0.15) is 16.8 Å². The first-order chi connectivity index (χ1) is 5.74. The molecule has 0 radical (unpaired) electrons. The van der Waals surface area contributed by atoms with E-state index in [0.29, 0.717) is 24.2 Å². The minimum Gasteiger partial charge on any atom is -0.399 e. The Morgan fingerprint density at radius 2 is 1.83 bits per heavy atom. The van der Waals surface area contributed by atoms with Gasteiger partial charge < -0.3 is 11.5 Å². The van der Waals surface area contributed by atoms with Gasteiger partial charge in [0.1, 0.15) is 0 Å². The lowest BCUT2D eigenvalue weighted by Crippen LogP contribution is -2.07. The monoisotopic (exact) mass is 164 g/mol. The highest BCUT2D eigenvalue weighted by Crippen LogP contribution is 2.07. The molecule has 0 aromatic heterocycles. The standard InChI is InChI=1S/C9H12N2O/c10-6-5-9(12)7-1-3-8(11)4-2-7/h1-4H,5-6,10-11H2. The molecular formula is C9H12N2O. The normalized spacial score (nSPS) is 9.75. The lowest BCUT2D eigenvalue weighted by molar-refractivity contribution is 0.0985. The van der Waals surface area contributed by atoms with Crippen LogP contribution in [0, 0.1) is 0 Å². The van der Waals surface area contributed by atoms with Crippen LogP contribution in [-0.2, 0) is 0 Å². The molecule has 1 aromatic rings. The molecule has 12 heavy (non-hydrogen) atoms. The molecule has 1 rings (SSSR count). The van der Waals surface area contributed by atoms with Crippen molar-refractivity contribution in [1.29, 1.82) is 0 Å². The Bertz CT molecular complexity index is 266. The molecule has 0 bridgehead atoms. The number of rotatable bonds is 3. The molecule has 0 saturated carbocycles. The molecule has 0 aliphatic rings. The van der Waals surface area contributed by atoms with Gasteiger partial charge in [0.2, 0.25) is 0 Å². The molecule has 0 amide bonds. The van der Waals surface area contributed by atoms with E-state index in [9.17, 15) is 4.79 Å². The number of ketones is 1. The number of benzene rings is 1. The summed E-state index contributed by atoms with van der Waals surface area (Å²) in [4.78, 5) is 11.2. The van der Waals surface area contributed by atoms with Crippen LogP contribution < -0.4 is 11.5 Å². The summed E-state index contributed by atoms with van der Waals surface area (Å²) in [5.74, 6) is 0.0671. The molecule has 0 atom stereocenters. The molecule has 0 aliphatic heterocycles. The smallest absolute Gasteiger partial charge is 0.164 e. The Morgan fingerprint density at radius 1 is 1.25 bits per heavy atom. The Hall–Kier alpha value is -1.35. The molecule has 0 unspecified atom stereocenters. The lowest BCUT2D eigenvalue weighted by atomic mass is 10.1. The van der Waals surface area contributed by atoms with Gasteiger partial charge in [0, 0.05) is 17.7 Å². The van der Waals surface area contributed by atoms with Gasteiger partial charge in [-0.3, -0.25) is 4.79 Å². The van der Waals surface area contributed by atoms with Gasteiger partial charge in [-0.05, 0) is 30.8 Å². The number of hydrogen-bond donors (Lipinski definition) is 2. The average molecular weight is 164 g/mol. The molecule has 0 saturated heterocycles. The summed E-state index contributed by atoms with van der Waals surface area (Å²) >= 11 is 0. The Balaban J connectivity index is 2.75. The SMILES string of the molecule is NCCC(=O)c1ccc(N)cc1. The second-order valence-electron chi connectivity index (χ2n) is 2.58. The van der Waals surface area contributed by atoms with E-state index in [1.54, 1.807) is 24.3 Å². The third-order valence-electron chi connectivity index (χ3n) is 1.60. The quantitative estimate of drug-likeness (QED) is 0.513. The number of nitrogens with two attached hydrogens (primary N) is 2. The van der Waals surface area contributed by atoms with Crippen LogP contribution in [0.2, 0.25) is 0 Å². The number of Topliss-reactive ketones (excluding diaryl/α,β-unsaturated/α-hetero) is 1. The van der Waals surface area contributed by atoms with Gasteiger partial charge in [-0.15, -0.1) is 0 Å². The van der Waals surface area contributed by atoms with E-state index < -0.39 is 0 Å². The first kappa shape index (κ1) is 8.74. The lowest BCUT2D eigenvalue weighted by Gasteiger charge is -1.98. The third kappa shape index (κ3) is 2.07. The highest BCUT2D eigenvalue weighted by Gasteiger charge is 2.02. The van der Waals surface area contributed by atoms with E-state index in [4.69, 9.17) is 11.5 Å². The van der Waals surface area contributed by atoms with Crippen LogP contribution in [0.15, 0.2) is 24.3 Å². The topological polar surface area (TPSA) is 69.1 Å². The highest BCUT2D eigenvalue weighted by atomic mass is 16.1. The van der Waals surface area contributed by atoms with Gasteiger partial charge >= 0.3 is 0 Å². The van der Waals surface area contributed by atoms with Crippen LogP contribution in [0.5, 0.6) is 0 Å². The zero-order chi connectivity index (χ0) is 8.97. The minimum atomic E-state index is 0.0671. The van der Waals surface area contributed by atoms with Crippen molar-refractivity contribution in [3.63, 3.8) is 0 Å². The van der Waals surface area contributed by atoms with Crippen molar-refractivity contribution < 1.29 is 4.79 Å². The van der Waals surface area contributed by atoms with Gasteiger partial charge in [0.05, 0.1) is 0 Å². The predicted octanol–water partition coefficient (Wildman–Crippen LogP) is 0.800. The molecule has 3 nitrogen and oxygen atoms in total. The second-order valence-corrected chi connectivity index (χ2v) is 2.58. The number of carbonyl (C=O) groups is 1. The summed E-state index contributed by atoms with van der Waals surface area (Å²) < 4.78 is 0. The zero-order valence-corrected chi connectivity index (χ0v) is 6.79. The zero-order valence-electron chi connectivity index (χ0n) is 6.79. The van der Waals surface area contributed by atoms with Crippen molar-refractivity contribution in [2.45, 2.75) is 6.42 Å². The van der Waals surface area contributed by atoms with Crippen molar-refractivity contribution in [2.24, 2.45) is 5.73 Å². The molecule has 0 fully saturated rings. The van der Waals surface area contributed by atoms with E-state index in [1.807, 2.05) is 0 Å². The molecule has 4 N–H and O–H groups in total. The van der Waals surface area contributed by atoms with E-state index >= 15 is 0 Å². The van der Waals surface area contributed by atoms with Crippen LogP contribution >= 0.6 is 0 Å². The predicted molar refractivity (Wildman–Crippen MR) is 48.9 cm³/mol. The van der Waals surface area contributed by atoms with E-state index in [1.165, 1.54) is 0 Å². The van der Waals surface area contributed by atoms with Crippen LogP contribution in [0.3, 0.4) is 0 Å². The first-order valence-electron chi connectivity index (χ1n) is 3.83. The van der Waals surface area contributed by atoms with Gasteiger partial charge in [-0.2, -0.15) is 0 Å². The summed E-state index contributed by atoms with van der Waals surface area (Å²) in [6.07, 6.45) is 0.393. The summed E-state index contributed by atoms with van der Waals surface area (Å²) in [5.41, 5.74) is 12.1. The summed E-state index contributed by atoms with van der Waals surface area (Å²) in [5, 5.41) is 0. The maximum Gasteiger partial charge on any atom is 0.164 e. The maximum atomic E-state index is 11.2. The summed E-state index contributed by atoms with van der Waals surface area (Å²) in [6, 6.07) is 6.86. The van der Waals surface area contributed by atoms with Crippen LogP contribution in [0.4, 0.5) is 5.69 Å². The Labute approximate surface area is 71.4 Å². The summed E-state index contributed by atoms with van der Waals surface area (Å²) in [6.45, 7) is 0.392. The fraction of sp³-hybridized carbons (Fsp3) is 0.222. The van der Waals surface area contributed by atoms with Crippen molar-refractivity contribution in [2.75, 3.05) is 12.3 Å². The van der Waals surface area contributed by atoms with Crippen LogP contribution in [-0.4, -0.2) is 12.3 Å². The molecule has 64 valence electrons. The minimum absolute atomic E-state index is 0.0671. The van der Waals surface area contributed by atoms with Crippen molar-refractivity contribution in [3.05, 3.63) is 29.8 Å². The van der Waals surface area contributed by atoms with E-state index in [-0.39, 0.29) is 5.78 Å². The third-order valence-corrected chi connectivity index (χ3v) is 1.60. The van der Waals surface area contributed by atoms with E-state index in [2.05, 4.69) is 0 Å². The Morgan fingerprint density at radius 3 is 2.33 bits per heavy atom. The van der Waals surface area contributed by atoms with Gasteiger partial charge in [-0.1, -0.05) is 0 Å². The fourth-order valence-corrected chi connectivity index (χ4v) is 0.944. The largest absolute Gasteiger partial charge is 0.399 e. The first-order valence-corrected chi connectivity index (χ1v) is 3.83. The molecule has 0 aliphatic carbocycles. The Kier molecular flexibility index (Phi) is 2.82. The van der Waals surface area contributed by atoms with Gasteiger partial charge in [0.25, 0.3) is 0 Å². The number of anilines is 1. The molecule has 0 heterocycles. The number of nitrogen functional groups attached to an aromatic ring is 1. The van der Waals surface area contributed by atoms with Crippen molar-refractivity contribution in [1.82, 2.24) is 0 Å². The van der Waals surface area contributed by atoms with E-state index in [0.717, 1.165) is 0 Å². The number of hydrogen-bond acceptors (Lipinski definition) is 3. The van der Waals surface area contributed by atoms with Crippen molar-refractivity contribution in [3.8, 4) is 0 Å². The maximum absolute atomic E-state index is 11.2. The molecule has 0 spiro atoms. The second kappa shape index (κ2) is 3.88. The molecular weight excluding hydrogens is 152 g/mol. The molecule has 3 heteroatoms.